The van der Waals surface area contributed by atoms with Crippen molar-refractivity contribution < 1.29 is 14.0 Å². The predicted molar refractivity (Wildman–Crippen MR) is 74.9 cm³/mol. The highest BCUT2D eigenvalue weighted by Gasteiger charge is 2.37. The van der Waals surface area contributed by atoms with Crippen LogP contribution in [0.5, 0.6) is 0 Å². The molecule has 19 heavy (non-hydrogen) atoms. The minimum Gasteiger partial charge on any atom is -0.304 e. The van der Waals surface area contributed by atoms with Crippen molar-refractivity contribution in [2.24, 2.45) is 5.92 Å². The van der Waals surface area contributed by atoms with Gasteiger partial charge in [-0.3, -0.25) is 9.59 Å². The number of fused-ring (bicyclic) bond motifs is 1. The van der Waals surface area contributed by atoms with Crippen LogP contribution in [-0.4, -0.2) is 18.2 Å². The molecule has 2 rings (SSSR count). The Morgan fingerprint density at radius 2 is 2.00 bits per heavy atom. The first kappa shape index (κ1) is 14.2. The number of ketones is 1. The van der Waals surface area contributed by atoms with Crippen LogP contribution in [0.25, 0.3) is 0 Å². The molecular weight excluding hydrogens is 313 g/mol. The maximum atomic E-state index is 13.3. The Kier molecular flexibility index (Phi) is 4.04. The van der Waals surface area contributed by atoms with E-state index in [-0.39, 0.29) is 5.56 Å². The summed E-state index contributed by atoms with van der Waals surface area (Å²) < 4.78 is 13.7. The molecule has 0 N–H and O–H groups in total. The summed E-state index contributed by atoms with van der Waals surface area (Å²) in [7, 11) is 0. The zero-order valence-electron chi connectivity index (χ0n) is 10.9. The molecule has 0 fully saturated rings. The Labute approximate surface area is 119 Å². The summed E-state index contributed by atoms with van der Waals surface area (Å²) in [6, 6.07) is 2.41. The van der Waals surface area contributed by atoms with Crippen molar-refractivity contribution in [2.45, 2.75) is 26.7 Å². The first-order chi connectivity index (χ1) is 8.91. The molecule has 0 aromatic heterocycles. The van der Waals surface area contributed by atoms with Gasteiger partial charge in [0.25, 0.3) is 11.7 Å². The summed E-state index contributed by atoms with van der Waals surface area (Å²) in [4.78, 5) is 25.2. The highest BCUT2D eigenvalue weighted by Crippen LogP contribution is 2.37. The van der Waals surface area contributed by atoms with Crippen molar-refractivity contribution in [1.82, 2.24) is 0 Å². The van der Waals surface area contributed by atoms with Gasteiger partial charge >= 0.3 is 0 Å². The summed E-state index contributed by atoms with van der Waals surface area (Å²) in [6.07, 6.45) is 1.80. The maximum absolute atomic E-state index is 13.3. The van der Waals surface area contributed by atoms with Gasteiger partial charge in [-0.05, 0) is 46.8 Å². The zero-order chi connectivity index (χ0) is 14.2. The van der Waals surface area contributed by atoms with Crippen LogP contribution in [0.1, 0.15) is 37.0 Å². The molecule has 0 bridgehead atoms. The van der Waals surface area contributed by atoms with Gasteiger partial charge in [-0.15, -0.1) is 0 Å². The monoisotopic (exact) mass is 327 g/mol. The molecule has 1 heterocycles. The molecule has 1 aliphatic heterocycles. The molecule has 1 aromatic rings. The SMILES string of the molecule is CC(C)CCCN1C(=O)C(=O)c2cc(F)cc(Br)c21. The third-order valence-electron chi connectivity index (χ3n) is 3.15. The standard InChI is InChI=1S/C14H15BrFNO2/c1-8(2)4-3-5-17-12-10(13(18)14(17)19)6-9(16)7-11(12)15/h6-8H,3-5H2,1-2H3. The summed E-state index contributed by atoms with van der Waals surface area (Å²) in [5, 5.41) is 0. The maximum Gasteiger partial charge on any atom is 0.299 e. The molecule has 3 nitrogen and oxygen atoms in total. The molecule has 102 valence electrons. The van der Waals surface area contributed by atoms with Gasteiger partial charge in [-0.1, -0.05) is 13.8 Å². The molecule has 5 heteroatoms. The van der Waals surface area contributed by atoms with E-state index < -0.39 is 17.5 Å². The van der Waals surface area contributed by atoms with E-state index in [1.54, 1.807) is 0 Å². The zero-order valence-corrected chi connectivity index (χ0v) is 12.5. The third-order valence-corrected chi connectivity index (χ3v) is 3.75. The molecule has 0 saturated carbocycles. The molecule has 1 aromatic carbocycles. The van der Waals surface area contributed by atoms with Crippen LogP contribution in [0, 0.1) is 11.7 Å². The van der Waals surface area contributed by atoms with Crippen molar-refractivity contribution >= 4 is 33.3 Å². The van der Waals surface area contributed by atoms with Gasteiger partial charge < -0.3 is 4.90 Å². The van der Waals surface area contributed by atoms with E-state index >= 15 is 0 Å². The van der Waals surface area contributed by atoms with Crippen molar-refractivity contribution in [3.05, 3.63) is 28.0 Å². The normalized spacial score (nSPS) is 14.5. The van der Waals surface area contributed by atoms with Crippen LogP contribution in [-0.2, 0) is 4.79 Å². The van der Waals surface area contributed by atoms with Crippen molar-refractivity contribution in [3.8, 4) is 0 Å². The number of carbonyl (C=O) groups excluding carboxylic acids is 2. The average Bonchev–Trinajstić information content (AvgIpc) is 2.54. The first-order valence-corrected chi connectivity index (χ1v) is 7.06. The third kappa shape index (κ3) is 2.71. The Bertz CT molecular complexity index is 542. The van der Waals surface area contributed by atoms with E-state index in [9.17, 15) is 14.0 Å². The number of benzene rings is 1. The van der Waals surface area contributed by atoms with Gasteiger partial charge in [0.05, 0.1) is 11.3 Å². The van der Waals surface area contributed by atoms with Crippen molar-refractivity contribution in [1.29, 1.82) is 0 Å². The molecule has 0 saturated heterocycles. The van der Waals surface area contributed by atoms with Crippen LogP contribution in [0.4, 0.5) is 10.1 Å². The Hall–Kier alpha value is -1.23. The predicted octanol–water partition coefficient (Wildman–Crippen LogP) is 3.55. The number of amides is 1. The van der Waals surface area contributed by atoms with Crippen LogP contribution >= 0.6 is 15.9 Å². The fraction of sp³-hybridized carbons (Fsp3) is 0.429. The quantitative estimate of drug-likeness (QED) is 0.793. The summed E-state index contributed by atoms with van der Waals surface area (Å²) in [5.41, 5.74) is 0.654. The highest BCUT2D eigenvalue weighted by molar-refractivity contribution is 9.10. The molecule has 0 unspecified atom stereocenters. The van der Waals surface area contributed by atoms with Crippen LogP contribution in [0.3, 0.4) is 0 Å². The first-order valence-electron chi connectivity index (χ1n) is 6.27. The molecule has 0 spiro atoms. The molecule has 0 radical (unpaired) electrons. The lowest BCUT2D eigenvalue weighted by atomic mass is 10.1. The number of nitrogens with zero attached hydrogens (tertiary/aromatic N) is 1. The number of Topliss-reactive ketones (excluding diaryl/α,β-unsaturated/α-hetero) is 1. The van der Waals surface area contributed by atoms with Crippen LogP contribution < -0.4 is 4.90 Å². The largest absolute Gasteiger partial charge is 0.304 e. The number of carbonyl (C=O) groups is 2. The van der Waals surface area contributed by atoms with E-state index in [0.717, 1.165) is 18.9 Å². The van der Waals surface area contributed by atoms with Gasteiger partial charge in [0.15, 0.2) is 0 Å². The highest BCUT2D eigenvalue weighted by atomic mass is 79.9. The lowest BCUT2D eigenvalue weighted by molar-refractivity contribution is -0.114. The van der Waals surface area contributed by atoms with Crippen LogP contribution in [0.2, 0.25) is 0 Å². The summed E-state index contributed by atoms with van der Waals surface area (Å²) >= 11 is 3.23. The lowest BCUT2D eigenvalue weighted by Gasteiger charge is -2.18. The smallest absolute Gasteiger partial charge is 0.299 e. The van der Waals surface area contributed by atoms with Gasteiger partial charge in [0.1, 0.15) is 5.82 Å². The van der Waals surface area contributed by atoms with Crippen LogP contribution in [0.15, 0.2) is 16.6 Å². The summed E-state index contributed by atoms with van der Waals surface area (Å²) in [5.74, 6) is -1.16. The number of hydrogen-bond donors (Lipinski definition) is 0. The molecule has 0 aliphatic carbocycles. The van der Waals surface area contributed by atoms with Gasteiger partial charge in [0, 0.05) is 11.0 Å². The minimum atomic E-state index is -0.625. The van der Waals surface area contributed by atoms with Crippen molar-refractivity contribution in [2.75, 3.05) is 11.4 Å². The molecule has 1 aliphatic rings. The van der Waals surface area contributed by atoms with Crippen molar-refractivity contribution in [3.63, 3.8) is 0 Å². The van der Waals surface area contributed by atoms with Gasteiger partial charge in [-0.25, -0.2) is 4.39 Å². The Balaban J connectivity index is 2.28. The molecular formula is C14H15BrFNO2. The van der Waals surface area contributed by atoms with E-state index in [2.05, 4.69) is 29.8 Å². The fourth-order valence-electron chi connectivity index (χ4n) is 2.22. The van der Waals surface area contributed by atoms with E-state index in [1.165, 1.54) is 11.0 Å². The van der Waals surface area contributed by atoms with E-state index in [0.29, 0.717) is 22.6 Å². The van der Waals surface area contributed by atoms with Gasteiger partial charge in [-0.2, -0.15) is 0 Å². The average molecular weight is 328 g/mol. The number of rotatable bonds is 4. The molecule has 0 atom stereocenters. The number of halogens is 2. The van der Waals surface area contributed by atoms with Gasteiger partial charge in [0.2, 0.25) is 0 Å². The second kappa shape index (κ2) is 5.41. The number of anilines is 1. The Morgan fingerprint density at radius 3 is 2.63 bits per heavy atom. The minimum absolute atomic E-state index is 0.154. The number of hydrogen-bond acceptors (Lipinski definition) is 2. The molecule has 1 amide bonds. The Morgan fingerprint density at radius 1 is 1.32 bits per heavy atom. The second-order valence-corrected chi connectivity index (χ2v) is 5.96. The lowest BCUT2D eigenvalue weighted by Crippen LogP contribution is -2.31. The van der Waals surface area contributed by atoms with E-state index in [1.807, 2.05) is 0 Å². The van der Waals surface area contributed by atoms with E-state index in [4.69, 9.17) is 0 Å². The topological polar surface area (TPSA) is 37.4 Å². The summed E-state index contributed by atoms with van der Waals surface area (Å²) in [6.45, 7) is 4.70. The fourth-order valence-corrected chi connectivity index (χ4v) is 2.87. The second-order valence-electron chi connectivity index (χ2n) is 5.11.